The van der Waals surface area contributed by atoms with Crippen LogP contribution in [0.5, 0.6) is 11.5 Å². The first-order valence-corrected chi connectivity index (χ1v) is 10.5. The van der Waals surface area contributed by atoms with E-state index in [1.165, 1.54) is 18.2 Å². The largest absolute Gasteiger partial charge is 0.452 e. The molecule has 6 heteroatoms. The van der Waals surface area contributed by atoms with E-state index in [1.54, 1.807) is 17.0 Å². The molecule has 0 unspecified atom stereocenters. The number of rotatable bonds is 5. The van der Waals surface area contributed by atoms with Crippen LogP contribution in [0.2, 0.25) is 0 Å². The van der Waals surface area contributed by atoms with E-state index >= 15 is 0 Å². The van der Waals surface area contributed by atoms with Gasteiger partial charge in [0.15, 0.2) is 11.6 Å². The average molecular weight is 437 g/mol. The molecule has 0 saturated carbocycles. The van der Waals surface area contributed by atoms with Crippen LogP contribution >= 0.6 is 0 Å². The standard InChI is InChI=1S/C27H20FN3O2/c1-30-14-4-8-23(30)19-12-10-18(11-13-19)16-31-17-21-6-3-9-24(25(21)27(31)32)33-26-20(15-29)5-2-7-22(26)28/h2-14H,16-17H2,1H3. The highest BCUT2D eigenvalue weighted by Crippen LogP contribution is 2.36. The summed E-state index contributed by atoms with van der Waals surface area (Å²) in [5.74, 6) is -0.745. The second-order valence-electron chi connectivity index (χ2n) is 7.98. The predicted molar refractivity (Wildman–Crippen MR) is 122 cm³/mol. The van der Waals surface area contributed by atoms with E-state index in [-0.39, 0.29) is 23.0 Å². The van der Waals surface area contributed by atoms with Crippen LogP contribution in [-0.2, 0) is 20.1 Å². The van der Waals surface area contributed by atoms with Crippen molar-refractivity contribution in [3.63, 3.8) is 0 Å². The maximum absolute atomic E-state index is 14.3. The molecule has 162 valence electrons. The number of nitriles is 1. The molecular weight excluding hydrogens is 417 g/mol. The van der Waals surface area contributed by atoms with Gasteiger partial charge in [-0.1, -0.05) is 42.5 Å². The van der Waals surface area contributed by atoms with Crippen LogP contribution in [0.25, 0.3) is 11.3 Å². The molecule has 0 radical (unpaired) electrons. The fourth-order valence-corrected chi connectivity index (χ4v) is 4.17. The zero-order valence-electron chi connectivity index (χ0n) is 18.0. The van der Waals surface area contributed by atoms with Crippen LogP contribution in [0.15, 0.2) is 79.0 Å². The summed E-state index contributed by atoms with van der Waals surface area (Å²) in [6.07, 6.45) is 2.00. The lowest BCUT2D eigenvalue weighted by atomic mass is 10.1. The van der Waals surface area contributed by atoms with Crippen LogP contribution in [-0.4, -0.2) is 15.4 Å². The van der Waals surface area contributed by atoms with Crippen LogP contribution < -0.4 is 4.74 Å². The molecule has 33 heavy (non-hydrogen) atoms. The third-order valence-corrected chi connectivity index (χ3v) is 5.84. The Kier molecular flexibility index (Phi) is 5.15. The first-order valence-electron chi connectivity index (χ1n) is 10.5. The van der Waals surface area contributed by atoms with Crippen molar-refractivity contribution in [1.29, 1.82) is 5.26 Å². The molecule has 5 rings (SSSR count). The fourth-order valence-electron chi connectivity index (χ4n) is 4.17. The Morgan fingerprint density at radius 3 is 2.55 bits per heavy atom. The predicted octanol–water partition coefficient (Wildman–Crippen LogP) is 5.65. The van der Waals surface area contributed by atoms with Crippen molar-refractivity contribution < 1.29 is 13.9 Å². The smallest absolute Gasteiger partial charge is 0.258 e. The van der Waals surface area contributed by atoms with Gasteiger partial charge in [0.05, 0.1) is 11.1 Å². The lowest BCUT2D eigenvalue weighted by Gasteiger charge is -2.16. The number of benzene rings is 3. The quantitative estimate of drug-likeness (QED) is 0.405. The lowest BCUT2D eigenvalue weighted by molar-refractivity contribution is 0.0765. The van der Waals surface area contributed by atoms with Gasteiger partial charge in [-0.15, -0.1) is 0 Å². The van der Waals surface area contributed by atoms with Gasteiger partial charge in [-0.3, -0.25) is 4.79 Å². The highest BCUT2D eigenvalue weighted by atomic mass is 19.1. The molecule has 1 amide bonds. The van der Waals surface area contributed by atoms with Gasteiger partial charge in [0.25, 0.3) is 5.91 Å². The van der Waals surface area contributed by atoms with Gasteiger partial charge in [-0.25, -0.2) is 4.39 Å². The minimum atomic E-state index is -0.646. The molecule has 2 heterocycles. The number of aromatic nitrogens is 1. The zero-order valence-corrected chi connectivity index (χ0v) is 18.0. The van der Waals surface area contributed by atoms with Crippen molar-refractivity contribution >= 4 is 5.91 Å². The molecule has 5 nitrogen and oxygen atoms in total. The summed E-state index contributed by atoms with van der Waals surface area (Å²) in [7, 11) is 2.00. The molecule has 3 aromatic carbocycles. The SMILES string of the molecule is Cn1cccc1-c1ccc(CN2Cc3cccc(Oc4c(F)cccc4C#N)c3C2=O)cc1. The zero-order chi connectivity index (χ0) is 22.9. The molecule has 0 N–H and O–H groups in total. The fraction of sp³-hybridized carbons (Fsp3) is 0.111. The lowest BCUT2D eigenvalue weighted by Crippen LogP contribution is -2.23. The van der Waals surface area contributed by atoms with Crippen LogP contribution in [0.1, 0.15) is 27.0 Å². The number of para-hydroxylation sites is 1. The third-order valence-electron chi connectivity index (χ3n) is 5.84. The highest BCUT2D eigenvalue weighted by molar-refractivity contribution is 6.01. The molecule has 0 aliphatic carbocycles. The van der Waals surface area contributed by atoms with Crippen LogP contribution in [0.3, 0.4) is 0 Å². The van der Waals surface area contributed by atoms with E-state index in [4.69, 9.17) is 4.74 Å². The van der Waals surface area contributed by atoms with E-state index in [1.807, 2.05) is 43.6 Å². The number of fused-ring (bicyclic) bond motifs is 1. The van der Waals surface area contributed by atoms with Gasteiger partial charge in [-0.2, -0.15) is 5.26 Å². The van der Waals surface area contributed by atoms with Gasteiger partial charge in [0, 0.05) is 32.0 Å². The summed E-state index contributed by atoms with van der Waals surface area (Å²) < 4.78 is 22.1. The molecule has 0 atom stereocenters. The number of carbonyl (C=O) groups is 1. The molecule has 1 aromatic heterocycles. The monoisotopic (exact) mass is 437 g/mol. The Balaban J connectivity index is 1.38. The normalized spacial score (nSPS) is 12.5. The molecule has 1 aliphatic rings. The number of halogens is 1. The van der Waals surface area contributed by atoms with Gasteiger partial charge < -0.3 is 14.2 Å². The van der Waals surface area contributed by atoms with E-state index in [0.29, 0.717) is 18.7 Å². The minimum Gasteiger partial charge on any atom is -0.452 e. The van der Waals surface area contributed by atoms with E-state index < -0.39 is 5.82 Å². The second kappa shape index (κ2) is 8.29. The van der Waals surface area contributed by atoms with Crippen molar-refractivity contribution in [3.8, 4) is 28.8 Å². The summed E-state index contributed by atoms with van der Waals surface area (Å²) >= 11 is 0. The topological polar surface area (TPSA) is 58.3 Å². The van der Waals surface area contributed by atoms with Crippen molar-refractivity contribution in [2.24, 2.45) is 7.05 Å². The summed E-state index contributed by atoms with van der Waals surface area (Å²) in [6.45, 7) is 0.886. The molecule has 1 aliphatic heterocycles. The Bertz CT molecular complexity index is 1400. The molecule has 0 saturated heterocycles. The summed E-state index contributed by atoms with van der Waals surface area (Å²) in [4.78, 5) is 15.0. The maximum Gasteiger partial charge on any atom is 0.258 e. The molecule has 0 spiro atoms. The number of ether oxygens (including phenoxy) is 1. The molecule has 0 fully saturated rings. The van der Waals surface area contributed by atoms with Crippen molar-refractivity contribution in [3.05, 3.63) is 107 Å². The number of aryl methyl sites for hydroxylation is 1. The van der Waals surface area contributed by atoms with Gasteiger partial charge in [0.1, 0.15) is 11.8 Å². The van der Waals surface area contributed by atoms with Gasteiger partial charge in [-0.05, 0) is 47.0 Å². The molecule has 4 aromatic rings. The van der Waals surface area contributed by atoms with E-state index in [9.17, 15) is 14.4 Å². The first-order chi connectivity index (χ1) is 16.0. The van der Waals surface area contributed by atoms with Gasteiger partial charge in [0.2, 0.25) is 0 Å². The van der Waals surface area contributed by atoms with Crippen LogP contribution in [0, 0.1) is 17.1 Å². The summed E-state index contributed by atoms with van der Waals surface area (Å²) in [5, 5.41) is 9.29. The number of hydrogen-bond donors (Lipinski definition) is 0. The Labute approximate surface area is 190 Å². The van der Waals surface area contributed by atoms with E-state index in [0.717, 1.165) is 22.4 Å². The van der Waals surface area contributed by atoms with Crippen molar-refractivity contribution in [1.82, 2.24) is 9.47 Å². The Morgan fingerprint density at radius 1 is 1.03 bits per heavy atom. The number of nitrogens with zero attached hydrogens (tertiary/aromatic N) is 3. The number of carbonyl (C=O) groups excluding carboxylic acids is 1. The van der Waals surface area contributed by atoms with Crippen molar-refractivity contribution in [2.45, 2.75) is 13.1 Å². The van der Waals surface area contributed by atoms with Crippen LogP contribution in [0.4, 0.5) is 4.39 Å². The minimum absolute atomic E-state index is 0.0771. The first kappa shape index (κ1) is 20.5. The highest BCUT2D eigenvalue weighted by Gasteiger charge is 2.31. The second-order valence-corrected chi connectivity index (χ2v) is 7.98. The number of amides is 1. The summed E-state index contributed by atoms with van der Waals surface area (Å²) in [5.41, 5.74) is 4.54. The third kappa shape index (κ3) is 3.74. The number of hydrogen-bond acceptors (Lipinski definition) is 3. The van der Waals surface area contributed by atoms with Crippen molar-refractivity contribution in [2.75, 3.05) is 0 Å². The van der Waals surface area contributed by atoms with Gasteiger partial charge >= 0.3 is 0 Å². The Morgan fingerprint density at radius 2 is 1.82 bits per heavy atom. The molecular formula is C27H20FN3O2. The summed E-state index contributed by atoms with van der Waals surface area (Å²) in [6, 6.07) is 23.6. The Hall–Kier alpha value is -4.37. The average Bonchev–Trinajstić information content (AvgIpc) is 3.39. The molecule has 0 bridgehead atoms. The van der Waals surface area contributed by atoms with E-state index in [2.05, 4.69) is 22.8 Å². The maximum atomic E-state index is 14.3.